The van der Waals surface area contributed by atoms with Crippen molar-refractivity contribution in [3.05, 3.63) is 29.8 Å². The first-order chi connectivity index (χ1) is 13.4. The molecule has 1 aromatic rings. The Morgan fingerprint density at radius 1 is 1.14 bits per heavy atom. The molecule has 6 heteroatoms. The summed E-state index contributed by atoms with van der Waals surface area (Å²) in [5.41, 5.74) is 1.99. The van der Waals surface area contributed by atoms with E-state index in [1.54, 1.807) is 4.90 Å². The Morgan fingerprint density at radius 3 is 2.39 bits per heavy atom. The summed E-state index contributed by atoms with van der Waals surface area (Å²) >= 11 is 0. The molecule has 2 aliphatic heterocycles. The molecule has 2 heterocycles. The van der Waals surface area contributed by atoms with Crippen LogP contribution in [0.15, 0.2) is 24.3 Å². The molecular formula is C22H31N3O3. The summed E-state index contributed by atoms with van der Waals surface area (Å²) in [7, 11) is 0. The average molecular weight is 386 g/mol. The SMILES string of the molecule is CC[C@H](C)NC(=O)C1CCN(C(=O)[C@H]2CC(=O)N(c3ccc(C)cc3)C2)CC1. The quantitative estimate of drug-likeness (QED) is 0.847. The third kappa shape index (κ3) is 4.54. The van der Waals surface area contributed by atoms with Crippen molar-refractivity contribution < 1.29 is 14.4 Å². The monoisotopic (exact) mass is 385 g/mol. The van der Waals surface area contributed by atoms with E-state index in [2.05, 4.69) is 12.2 Å². The van der Waals surface area contributed by atoms with Gasteiger partial charge in [-0.3, -0.25) is 14.4 Å². The lowest BCUT2D eigenvalue weighted by Crippen LogP contribution is -2.46. The Labute approximate surface area is 167 Å². The number of hydrogen-bond acceptors (Lipinski definition) is 3. The highest BCUT2D eigenvalue weighted by Gasteiger charge is 2.38. The summed E-state index contributed by atoms with van der Waals surface area (Å²) in [6, 6.07) is 8.01. The molecule has 0 saturated carbocycles. The molecule has 0 spiro atoms. The zero-order valence-corrected chi connectivity index (χ0v) is 17.1. The average Bonchev–Trinajstić information content (AvgIpc) is 3.09. The van der Waals surface area contributed by atoms with Gasteiger partial charge in [0, 0.05) is 43.7 Å². The van der Waals surface area contributed by atoms with Crippen LogP contribution in [-0.2, 0) is 14.4 Å². The molecule has 0 aliphatic carbocycles. The van der Waals surface area contributed by atoms with Crippen LogP contribution in [0, 0.1) is 18.8 Å². The molecule has 0 bridgehead atoms. The van der Waals surface area contributed by atoms with Crippen LogP contribution in [0.1, 0.15) is 45.1 Å². The third-order valence-corrected chi connectivity index (χ3v) is 6.00. The number of rotatable bonds is 5. The van der Waals surface area contributed by atoms with E-state index in [1.165, 1.54) is 0 Å². The van der Waals surface area contributed by atoms with E-state index in [1.807, 2.05) is 43.0 Å². The Balaban J connectivity index is 1.53. The Hall–Kier alpha value is -2.37. The number of carbonyl (C=O) groups excluding carboxylic acids is 3. The molecule has 0 aromatic heterocycles. The van der Waals surface area contributed by atoms with Gasteiger partial charge in [0.25, 0.3) is 0 Å². The Bertz CT molecular complexity index is 723. The summed E-state index contributed by atoms with van der Waals surface area (Å²) in [6.45, 7) is 7.69. The number of nitrogens with zero attached hydrogens (tertiary/aromatic N) is 2. The molecule has 2 atom stereocenters. The molecule has 2 aliphatic rings. The van der Waals surface area contributed by atoms with E-state index < -0.39 is 0 Å². The summed E-state index contributed by atoms with van der Waals surface area (Å²) in [5.74, 6) is -0.164. The number of piperidine rings is 1. The van der Waals surface area contributed by atoms with Gasteiger partial charge in [-0.05, 0) is 45.2 Å². The molecule has 3 rings (SSSR count). The lowest BCUT2D eigenvalue weighted by molar-refractivity contribution is -0.139. The lowest BCUT2D eigenvalue weighted by atomic mass is 9.94. The standard InChI is InChI=1S/C22H31N3O3/c1-4-16(3)23-21(27)17-9-11-24(12-10-17)22(28)18-13-20(26)25(14-18)19-7-5-15(2)6-8-19/h5-8,16-18H,4,9-14H2,1-3H3,(H,23,27)/t16-,18-/m0/s1. The van der Waals surface area contributed by atoms with Crippen molar-refractivity contribution in [1.29, 1.82) is 0 Å². The Morgan fingerprint density at radius 2 is 1.79 bits per heavy atom. The van der Waals surface area contributed by atoms with Gasteiger partial charge in [-0.2, -0.15) is 0 Å². The van der Waals surface area contributed by atoms with Crippen molar-refractivity contribution in [3.8, 4) is 0 Å². The van der Waals surface area contributed by atoms with Crippen LogP contribution in [0.4, 0.5) is 5.69 Å². The highest BCUT2D eigenvalue weighted by molar-refractivity contribution is 6.00. The molecule has 28 heavy (non-hydrogen) atoms. The van der Waals surface area contributed by atoms with E-state index in [9.17, 15) is 14.4 Å². The minimum atomic E-state index is -0.292. The number of anilines is 1. The number of nitrogens with one attached hydrogen (secondary N) is 1. The van der Waals surface area contributed by atoms with Crippen LogP contribution in [-0.4, -0.2) is 48.3 Å². The minimum absolute atomic E-state index is 0.00465. The second kappa shape index (κ2) is 8.76. The molecule has 6 nitrogen and oxygen atoms in total. The molecule has 1 aromatic carbocycles. The number of benzene rings is 1. The molecular weight excluding hydrogens is 354 g/mol. The van der Waals surface area contributed by atoms with Gasteiger partial charge >= 0.3 is 0 Å². The number of likely N-dealkylation sites (tertiary alicyclic amines) is 1. The van der Waals surface area contributed by atoms with E-state index in [4.69, 9.17) is 0 Å². The Kier molecular flexibility index (Phi) is 6.37. The molecule has 1 N–H and O–H groups in total. The summed E-state index contributed by atoms with van der Waals surface area (Å²) in [4.78, 5) is 41.2. The summed E-state index contributed by atoms with van der Waals surface area (Å²) < 4.78 is 0. The number of aryl methyl sites for hydroxylation is 1. The van der Waals surface area contributed by atoms with E-state index in [0.29, 0.717) is 32.5 Å². The van der Waals surface area contributed by atoms with Gasteiger partial charge in [-0.1, -0.05) is 24.6 Å². The lowest BCUT2D eigenvalue weighted by Gasteiger charge is -2.33. The van der Waals surface area contributed by atoms with Crippen molar-refractivity contribution in [1.82, 2.24) is 10.2 Å². The highest BCUT2D eigenvalue weighted by atomic mass is 16.2. The van der Waals surface area contributed by atoms with Crippen LogP contribution in [0.3, 0.4) is 0 Å². The van der Waals surface area contributed by atoms with Crippen molar-refractivity contribution in [2.24, 2.45) is 11.8 Å². The number of amides is 3. The predicted molar refractivity (Wildman–Crippen MR) is 109 cm³/mol. The largest absolute Gasteiger partial charge is 0.353 e. The van der Waals surface area contributed by atoms with E-state index >= 15 is 0 Å². The van der Waals surface area contributed by atoms with Gasteiger partial charge in [0.15, 0.2) is 0 Å². The fourth-order valence-corrected chi connectivity index (χ4v) is 3.93. The number of carbonyl (C=O) groups is 3. The first kappa shape index (κ1) is 20.4. The third-order valence-electron chi connectivity index (χ3n) is 6.00. The molecule has 3 amide bonds. The van der Waals surface area contributed by atoms with Gasteiger partial charge < -0.3 is 15.1 Å². The topological polar surface area (TPSA) is 69.7 Å². The maximum Gasteiger partial charge on any atom is 0.228 e. The fraction of sp³-hybridized carbons (Fsp3) is 0.591. The second-order valence-corrected chi connectivity index (χ2v) is 8.16. The van der Waals surface area contributed by atoms with Gasteiger partial charge in [-0.25, -0.2) is 0 Å². The van der Waals surface area contributed by atoms with E-state index in [-0.39, 0.29) is 42.0 Å². The van der Waals surface area contributed by atoms with Gasteiger partial charge in [-0.15, -0.1) is 0 Å². The van der Waals surface area contributed by atoms with Gasteiger partial charge in [0.05, 0.1) is 5.92 Å². The number of hydrogen-bond donors (Lipinski definition) is 1. The molecule has 152 valence electrons. The zero-order chi connectivity index (χ0) is 20.3. The molecule has 2 saturated heterocycles. The summed E-state index contributed by atoms with van der Waals surface area (Å²) in [5, 5.41) is 3.04. The van der Waals surface area contributed by atoms with E-state index in [0.717, 1.165) is 17.7 Å². The van der Waals surface area contributed by atoms with Crippen LogP contribution >= 0.6 is 0 Å². The fourth-order valence-electron chi connectivity index (χ4n) is 3.93. The summed E-state index contributed by atoms with van der Waals surface area (Å²) in [6.07, 6.45) is 2.56. The molecule has 0 unspecified atom stereocenters. The van der Waals surface area contributed by atoms with Crippen molar-refractivity contribution in [2.75, 3.05) is 24.5 Å². The van der Waals surface area contributed by atoms with Crippen LogP contribution < -0.4 is 10.2 Å². The first-order valence-corrected chi connectivity index (χ1v) is 10.3. The first-order valence-electron chi connectivity index (χ1n) is 10.3. The minimum Gasteiger partial charge on any atom is -0.353 e. The van der Waals surface area contributed by atoms with Crippen LogP contribution in [0.5, 0.6) is 0 Å². The zero-order valence-electron chi connectivity index (χ0n) is 17.1. The van der Waals surface area contributed by atoms with Gasteiger partial charge in [0.2, 0.25) is 17.7 Å². The highest BCUT2D eigenvalue weighted by Crippen LogP contribution is 2.28. The second-order valence-electron chi connectivity index (χ2n) is 8.16. The normalized spacial score (nSPS) is 21.7. The van der Waals surface area contributed by atoms with Crippen LogP contribution in [0.2, 0.25) is 0 Å². The maximum atomic E-state index is 12.9. The predicted octanol–water partition coefficient (Wildman–Crippen LogP) is 2.50. The molecule has 2 fully saturated rings. The van der Waals surface area contributed by atoms with Crippen LogP contribution in [0.25, 0.3) is 0 Å². The van der Waals surface area contributed by atoms with Crippen molar-refractivity contribution in [2.45, 2.75) is 52.5 Å². The maximum absolute atomic E-state index is 12.9. The van der Waals surface area contributed by atoms with Gasteiger partial charge in [0.1, 0.15) is 0 Å². The molecule has 0 radical (unpaired) electrons. The smallest absolute Gasteiger partial charge is 0.228 e. The van der Waals surface area contributed by atoms with Crippen molar-refractivity contribution >= 4 is 23.4 Å². The van der Waals surface area contributed by atoms with Crippen molar-refractivity contribution in [3.63, 3.8) is 0 Å².